The maximum atomic E-state index is 6.21. The molecule has 6 heteroatoms. The molecule has 0 N–H and O–H groups in total. The molecule has 0 fully saturated rings. The summed E-state index contributed by atoms with van der Waals surface area (Å²) < 4.78 is 12.4. The van der Waals surface area contributed by atoms with Gasteiger partial charge in [0.15, 0.2) is 0 Å². The van der Waals surface area contributed by atoms with E-state index in [1.54, 1.807) is 0 Å². The van der Waals surface area contributed by atoms with Gasteiger partial charge in [0.2, 0.25) is 0 Å². The Balaban J connectivity index is 0.884. The lowest BCUT2D eigenvalue weighted by Gasteiger charge is -2.26. The smallest absolute Gasteiger partial charge is 0.139 e. The van der Waals surface area contributed by atoms with Crippen molar-refractivity contribution in [1.82, 2.24) is 15.0 Å². The van der Waals surface area contributed by atoms with Crippen LogP contribution in [0, 0.1) is 0 Å². The van der Waals surface area contributed by atoms with Crippen LogP contribution in [-0.4, -0.2) is 15.0 Å². The Hall–Kier alpha value is -8.61. The van der Waals surface area contributed by atoms with Crippen LogP contribution in [0.25, 0.3) is 110 Å². The third-order valence-electron chi connectivity index (χ3n) is 12.4. The molecule has 13 aromatic rings. The summed E-state index contributed by atoms with van der Waals surface area (Å²) in [5.41, 5.74) is 12.3. The SMILES string of the molecule is c1ccc2cc(-c3ccc4c(ccc5cc(N(c6ccc(-c7cc8oc9ccccc9c8cn7)cc6)c6ccc(-c7cc8oc9ccccc9c8cn7)cc6)ccc54)c3)ncc2c1. The molecule has 0 amide bonds. The Labute approximate surface area is 360 Å². The number of para-hydroxylation sites is 2. The number of rotatable bonds is 6. The van der Waals surface area contributed by atoms with Gasteiger partial charge in [0.25, 0.3) is 0 Å². The molecular weight excluding hydrogens is 773 g/mol. The minimum absolute atomic E-state index is 0.825. The van der Waals surface area contributed by atoms with E-state index in [2.05, 4.69) is 138 Å². The second kappa shape index (κ2) is 14.0. The Morgan fingerprint density at radius 3 is 1.38 bits per heavy atom. The molecule has 0 saturated heterocycles. The second-order valence-electron chi connectivity index (χ2n) is 16.1. The third kappa shape index (κ3) is 5.92. The van der Waals surface area contributed by atoms with Gasteiger partial charge in [0.05, 0.1) is 17.1 Å². The van der Waals surface area contributed by atoms with Crippen LogP contribution in [0.4, 0.5) is 17.1 Å². The maximum absolute atomic E-state index is 6.21. The largest absolute Gasteiger partial charge is 0.456 e. The lowest BCUT2D eigenvalue weighted by atomic mass is 9.98. The topological polar surface area (TPSA) is 68.2 Å². The average Bonchev–Trinajstić information content (AvgIpc) is 3.92. The van der Waals surface area contributed by atoms with E-state index in [0.29, 0.717) is 0 Å². The predicted molar refractivity (Wildman–Crippen MR) is 258 cm³/mol. The average molecular weight is 807 g/mol. The zero-order valence-corrected chi connectivity index (χ0v) is 33.7. The number of anilines is 3. The van der Waals surface area contributed by atoms with Crippen molar-refractivity contribution in [3.63, 3.8) is 0 Å². The highest BCUT2D eigenvalue weighted by molar-refractivity contribution is 6.10. The summed E-state index contributed by atoms with van der Waals surface area (Å²) >= 11 is 0. The highest BCUT2D eigenvalue weighted by Crippen LogP contribution is 2.40. The van der Waals surface area contributed by atoms with E-state index >= 15 is 0 Å². The monoisotopic (exact) mass is 806 g/mol. The van der Waals surface area contributed by atoms with Crippen LogP contribution in [0.3, 0.4) is 0 Å². The van der Waals surface area contributed by atoms with Crippen molar-refractivity contribution in [1.29, 1.82) is 0 Å². The fourth-order valence-corrected chi connectivity index (χ4v) is 9.16. The molecule has 5 aromatic heterocycles. The Morgan fingerprint density at radius 2 is 0.762 bits per heavy atom. The quantitative estimate of drug-likeness (QED) is 0.156. The van der Waals surface area contributed by atoms with E-state index in [1.165, 1.54) is 21.5 Å². The molecule has 6 nitrogen and oxygen atoms in total. The molecule has 13 rings (SSSR count). The van der Waals surface area contributed by atoms with E-state index < -0.39 is 0 Å². The molecule has 8 aromatic carbocycles. The predicted octanol–water partition coefficient (Wildman–Crippen LogP) is 15.6. The molecule has 0 saturated carbocycles. The van der Waals surface area contributed by atoms with Gasteiger partial charge in [-0.3, -0.25) is 15.0 Å². The van der Waals surface area contributed by atoms with Crippen LogP contribution in [-0.2, 0) is 0 Å². The van der Waals surface area contributed by atoms with Gasteiger partial charge in [-0.1, -0.05) is 115 Å². The van der Waals surface area contributed by atoms with Gasteiger partial charge in [-0.15, -0.1) is 0 Å². The van der Waals surface area contributed by atoms with Gasteiger partial charge < -0.3 is 13.7 Å². The van der Waals surface area contributed by atoms with Crippen LogP contribution in [0.15, 0.2) is 215 Å². The highest BCUT2D eigenvalue weighted by Gasteiger charge is 2.17. The second-order valence-corrected chi connectivity index (χ2v) is 16.1. The summed E-state index contributed by atoms with van der Waals surface area (Å²) in [6.07, 6.45) is 5.79. The Kier molecular flexibility index (Phi) is 7.80. The lowest BCUT2D eigenvalue weighted by molar-refractivity contribution is 0.668. The molecule has 0 bridgehead atoms. The number of fused-ring (bicyclic) bond motifs is 10. The molecule has 0 atom stereocenters. The first-order chi connectivity index (χ1) is 31.2. The van der Waals surface area contributed by atoms with Gasteiger partial charge in [-0.05, 0) is 87.6 Å². The van der Waals surface area contributed by atoms with Gasteiger partial charge in [-0.25, -0.2) is 0 Å². The van der Waals surface area contributed by atoms with E-state index in [0.717, 1.165) is 105 Å². The molecule has 0 unspecified atom stereocenters. The molecular formula is C57H34N4O2. The van der Waals surface area contributed by atoms with Crippen molar-refractivity contribution < 1.29 is 8.83 Å². The standard InChI is InChI=1S/C57H34N4O2/c1-2-8-41-32-58-51(29-37(41)7-1)40-19-25-45-38(27-40)13-14-39-28-44(24-26-46(39)45)61(42-20-15-35(16-21-42)52-30-56-49(33-59-52)47-9-3-5-11-54(47)62-56)43-22-17-36(18-23-43)53-31-57-50(34-60-53)48-10-4-6-12-55(48)63-57/h1-34H. The van der Waals surface area contributed by atoms with Crippen LogP contribution in [0.1, 0.15) is 0 Å². The van der Waals surface area contributed by atoms with Crippen molar-refractivity contribution in [2.45, 2.75) is 0 Å². The Morgan fingerprint density at radius 1 is 0.286 bits per heavy atom. The Bertz CT molecular complexity index is 3770. The van der Waals surface area contributed by atoms with Crippen molar-refractivity contribution in [3.8, 4) is 33.8 Å². The number of pyridine rings is 3. The first-order valence-electron chi connectivity index (χ1n) is 21.0. The third-order valence-corrected chi connectivity index (χ3v) is 12.4. The molecule has 0 radical (unpaired) electrons. The fraction of sp³-hybridized carbons (Fsp3) is 0. The molecule has 294 valence electrons. The van der Waals surface area contributed by atoms with E-state index in [-0.39, 0.29) is 0 Å². The minimum Gasteiger partial charge on any atom is -0.456 e. The fourth-order valence-electron chi connectivity index (χ4n) is 9.16. The zero-order valence-electron chi connectivity index (χ0n) is 33.7. The molecule has 0 aliphatic carbocycles. The van der Waals surface area contributed by atoms with Crippen molar-refractivity contribution in [2.75, 3.05) is 4.90 Å². The van der Waals surface area contributed by atoms with Gasteiger partial charge in [0, 0.05) is 91.4 Å². The van der Waals surface area contributed by atoms with Gasteiger partial charge >= 0.3 is 0 Å². The van der Waals surface area contributed by atoms with Crippen LogP contribution < -0.4 is 4.90 Å². The number of aromatic nitrogens is 3. The molecule has 0 aliphatic heterocycles. The molecule has 5 heterocycles. The summed E-state index contributed by atoms with van der Waals surface area (Å²) in [5, 5.41) is 11.2. The normalized spacial score (nSPS) is 11.8. The lowest BCUT2D eigenvalue weighted by Crippen LogP contribution is -2.10. The van der Waals surface area contributed by atoms with Crippen molar-refractivity contribution in [2.24, 2.45) is 0 Å². The van der Waals surface area contributed by atoms with Gasteiger partial charge in [-0.2, -0.15) is 0 Å². The highest BCUT2D eigenvalue weighted by atomic mass is 16.3. The van der Waals surface area contributed by atoms with Crippen LogP contribution in [0.2, 0.25) is 0 Å². The van der Waals surface area contributed by atoms with Gasteiger partial charge in [0.1, 0.15) is 22.3 Å². The molecule has 63 heavy (non-hydrogen) atoms. The summed E-state index contributed by atoms with van der Waals surface area (Å²) in [6, 6.07) is 65.8. The first-order valence-corrected chi connectivity index (χ1v) is 21.0. The van der Waals surface area contributed by atoms with E-state index in [4.69, 9.17) is 23.8 Å². The first kappa shape index (κ1) is 35.2. The van der Waals surface area contributed by atoms with Crippen molar-refractivity contribution in [3.05, 3.63) is 207 Å². The minimum atomic E-state index is 0.825. The maximum Gasteiger partial charge on any atom is 0.139 e. The molecule has 0 spiro atoms. The number of furan rings is 2. The van der Waals surface area contributed by atoms with E-state index in [9.17, 15) is 0 Å². The number of benzene rings is 8. The number of nitrogens with zero attached hydrogens (tertiary/aromatic N) is 4. The summed E-state index contributed by atoms with van der Waals surface area (Å²) in [7, 11) is 0. The van der Waals surface area contributed by atoms with Crippen molar-refractivity contribution >= 4 is 93.3 Å². The van der Waals surface area contributed by atoms with E-state index in [1.807, 2.05) is 73.2 Å². The summed E-state index contributed by atoms with van der Waals surface area (Å²) in [4.78, 5) is 16.8. The zero-order chi connectivity index (χ0) is 41.4. The number of hydrogen-bond donors (Lipinski definition) is 0. The number of hydrogen-bond acceptors (Lipinski definition) is 6. The molecule has 0 aliphatic rings. The summed E-state index contributed by atoms with van der Waals surface area (Å²) in [6.45, 7) is 0. The summed E-state index contributed by atoms with van der Waals surface area (Å²) in [5.74, 6) is 0. The van der Waals surface area contributed by atoms with Crippen LogP contribution in [0.5, 0.6) is 0 Å². The van der Waals surface area contributed by atoms with Crippen LogP contribution >= 0.6 is 0 Å².